The van der Waals surface area contributed by atoms with E-state index in [2.05, 4.69) is 31.5 Å². The summed E-state index contributed by atoms with van der Waals surface area (Å²) in [7, 11) is 1.62. The molecule has 3 rings (SSSR count). The Labute approximate surface area is 164 Å². The molecule has 2 N–H and O–H groups in total. The summed E-state index contributed by atoms with van der Waals surface area (Å²) < 4.78 is 6.20. The number of aromatic nitrogens is 1. The van der Waals surface area contributed by atoms with Crippen molar-refractivity contribution in [3.63, 3.8) is 0 Å². The fraction of sp³-hybridized carbons (Fsp3) is 0.158. The summed E-state index contributed by atoms with van der Waals surface area (Å²) in [5, 5.41) is 6.83. The molecule has 26 heavy (non-hydrogen) atoms. The average Bonchev–Trinajstić information content (AvgIpc) is 2.98. The smallest absolute Gasteiger partial charge is 0.267 e. The number of amides is 1. The fourth-order valence-corrected chi connectivity index (χ4v) is 3.79. The molecule has 1 heterocycles. The maximum atomic E-state index is 12.6. The van der Waals surface area contributed by atoms with E-state index in [1.54, 1.807) is 7.11 Å². The molecule has 0 radical (unpaired) electrons. The molecule has 0 saturated carbocycles. The molecule has 0 saturated heterocycles. The van der Waals surface area contributed by atoms with E-state index in [9.17, 15) is 4.79 Å². The SMILES string of the molecule is COc1cccc(Nc2nc(C)c(C(=O)Nc3ccc(Br)cc3C)s2)c1. The van der Waals surface area contributed by atoms with Crippen LogP contribution in [0.25, 0.3) is 0 Å². The van der Waals surface area contributed by atoms with E-state index in [-0.39, 0.29) is 5.91 Å². The first kappa shape index (κ1) is 18.4. The molecule has 7 heteroatoms. The van der Waals surface area contributed by atoms with Crippen LogP contribution in [0.15, 0.2) is 46.9 Å². The van der Waals surface area contributed by atoms with Gasteiger partial charge in [0.1, 0.15) is 10.6 Å². The number of nitrogens with zero attached hydrogens (tertiary/aromatic N) is 1. The minimum absolute atomic E-state index is 0.163. The molecule has 0 aliphatic carbocycles. The first-order chi connectivity index (χ1) is 12.5. The summed E-state index contributed by atoms with van der Waals surface area (Å²) >= 11 is 4.75. The van der Waals surface area contributed by atoms with Crippen molar-refractivity contribution in [2.45, 2.75) is 13.8 Å². The van der Waals surface area contributed by atoms with Gasteiger partial charge in [0, 0.05) is 21.9 Å². The number of halogens is 1. The second-order valence-electron chi connectivity index (χ2n) is 5.70. The van der Waals surface area contributed by atoms with Crippen molar-refractivity contribution < 1.29 is 9.53 Å². The van der Waals surface area contributed by atoms with Crippen molar-refractivity contribution in [2.24, 2.45) is 0 Å². The van der Waals surface area contributed by atoms with Gasteiger partial charge in [0.05, 0.1) is 12.8 Å². The van der Waals surface area contributed by atoms with Crippen molar-refractivity contribution in [1.82, 2.24) is 4.98 Å². The van der Waals surface area contributed by atoms with Crippen LogP contribution in [0.2, 0.25) is 0 Å². The minimum atomic E-state index is -0.163. The number of nitrogens with one attached hydrogen (secondary N) is 2. The van der Waals surface area contributed by atoms with Gasteiger partial charge < -0.3 is 15.4 Å². The predicted molar refractivity (Wildman–Crippen MR) is 110 cm³/mol. The van der Waals surface area contributed by atoms with Gasteiger partial charge in [0.15, 0.2) is 5.13 Å². The molecule has 1 amide bonds. The fourth-order valence-electron chi connectivity index (χ4n) is 2.43. The zero-order valence-corrected chi connectivity index (χ0v) is 17.0. The second-order valence-corrected chi connectivity index (χ2v) is 7.62. The van der Waals surface area contributed by atoms with Crippen LogP contribution >= 0.6 is 27.3 Å². The highest BCUT2D eigenvalue weighted by Crippen LogP contribution is 2.28. The summed E-state index contributed by atoms with van der Waals surface area (Å²) in [6, 6.07) is 13.3. The van der Waals surface area contributed by atoms with Gasteiger partial charge in [-0.2, -0.15) is 0 Å². The Morgan fingerprint density at radius 2 is 2.00 bits per heavy atom. The molecule has 0 fully saturated rings. The molecule has 0 bridgehead atoms. The summed E-state index contributed by atoms with van der Waals surface area (Å²) in [6.45, 7) is 3.78. The molecule has 0 aliphatic heterocycles. The van der Waals surface area contributed by atoms with Crippen molar-refractivity contribution >= 4 is 49.7 Å². The zero-order chi connectivity index (χ0) is 18.7. The van der Waals surface area contributed by atoms with E-state index in [4.69, 9.17) is 4.74 Å². The van der Waals surface area contributed by atoms with E-state index in [0.29, 0.717) is 15.7 Å². The third kappa shape index (κ3) is 4.23. The van der Waals surface area contributed by atoms with E-state index in [1.807, 2.05) is 56.3 Å². The van der Waals surface area contributed by atoms with Crippen molar-refractivity contribution in [1.29, 1.82) is 0 Å². The van der Waals surface area contributed by atoms with Crippen molar-refractivity contribution in [3.05, 3.63) is 63.1 Å². The highest BCUT2D eigenvalue weighted by Gasteiger charge is 2.16. The number of carbonyl (C=O) groups is 1. The third-order valence-corrected chi connectivity index (χ3v) is 5.33. The van der Waals surface area contributed by atoms with Crippen LogP contribution in [0.1, 0.15) is 20.9 Å². The lowest BCUT2D eigenvalue weighted by molar-refractivity contribution is 0.102. The summed E-state index contributed by atoms with van der Waals surface area (Å²) in [5.74, 6) is 0.594. The summed E-state index contributed by atoms with van der Waals surface area (Å²) in [5.41, 5.74) is 3.32. The average molecular weight is 432 g/mol. The normalized spacial score (nSPS) is 10.5. The maximum absolute atomic E-state index is 12.6. The van der Waals surface area contributed by atoms with Crippen LogP contribution in [0.4, 0.5) is 16.5 Å². The standard InChI is InChI=1S/C19H18BrN3O2S/c1-11-9-13(20)7-8-16(11)23-18(24)17-12(2)21-19(26-17)22-14-5-4-6-15(10-14)25-3/h4-10H,1-3H3,(H,21,22)(H,23,24). The predicted octanol–water partition coefficient (Wildman–Crippen LogP) is 5.53. The molecule has 0 atom stereocenters. The van der Waals surface area contributed by atoms with E-state index < -0.39 is 0 Å². The Hall–Kier alpha value is -2.38. The van der Waals surface area contributed by atoms with Gasteiger partial charge in [0.2, 0.25) is 0 Å². The molecule has 5 nitrogen and oxygen atoms in total. The number of hydrogen-bond donors (Lipinski definition) is 2. The first-order valence-corrected chi connectivity index (χ1v) is 9.53. The van der Waals surface area contributed by atoms with Gasteiger partial charge in [-0.25, -0.2) is 4.98 Å². The quantitative estimate of drug-likeness (QED) is 0.557. The van der Waals surface area contributed by atoms with Gasteiger partial charge >= 0.3 is 0 Å². The number of aryl methyl sites for hydroxylation is 2. The lowest BCUT2D eigenvalue weighted by Gasteiger charge is -2.08. The monoisotopic (exact) mass is 431 g/mol. The van der Waals surface area contributed by atoms with Gasteiger partial charge in [-0.1, -0.05) is 33.3 Å². The van der Waals surface area contributed by atoms with Crippen LogP contribution in [0.5, 0.6) is 5.75 Å². The molecular formula is C19H18BrN3O2S. The number of thiazole rings is 1. The second kappa shape index (κ2) is 7.88. The largest absolute Gasteiger partial charge is 0.497 e. The highest BCUT2D eigenvalue weighted by atomic mass is 79.9. The summed E-state index contributed by atoms with van der Waals surface area (Å²) in [6.07, 6.45) is 0. The number of anilines is 3. The maximum Gasteiger partial charge on any atom is 0.267 e. The van der Waals surface area contributed by atoms with Gasteiger partial charge in [-0.05, 0) is 49.7 Å². The zero-order valence-electron chi connectivity index (χ0n) is 14.6. The number of ether oxygens (including phenoxy) is 1. The molecule has 0 unspecified atom stereocenters. The van der Waals surface area contributed by atoms with Gasteiger partial charge in [-0.3, -0.25) is 4.79 Å². The van der Waals surface area contributed by atoms with Crippen LogP contribution in [-0.2, 0) is 0 Å². The number of hydrogen-bond acceptors (Lipinski definition) is 5. The lowest BCUT2D eigenvalue weighted by atomic mass is 10.2. The first-order valence-electron chi connectivity index (χ1n) is 7.92. The lowest BCUT2D eigenvalue weighted by Crippen LogP contribution is -2.12. The van der Waals surface area contributed by atoms with Crippen molar-refractivity contribution in [2.75, 3.05) is 17.7 Å². The van der Waals surface area contributed by atoms with E-state index in [0.717, 1.165) is 27.2 Å². The molecule has 0 aliphatic rings. The Kier molecular flexibility index (Phi) is 5.58. The third-order valence-electron chi connectivity index (χ3n) is 3.76. The number of methoxy groups -OCH3 is 1. The molecule has 134 valence electrons. The molecule has 2 aromatic carbocycles. The van der Waals surface area contributed by atoms with E-state index >= 15 is 0 Å². The Balaban J connectivity index is 1.77. The number of benzene rings is 2. The van der Waals surface area contributed by atoms with Crippen LogP contribution in [0, 0.1) is 13.8 Å². The Morgan fingerprint density at radius 1 is 1.19 bits per heavy atom. The van der Waals surface area contributed by atoms with Crippen molar-refractivity contribution in [3.8, 4) is 5.75 Å². The van der Waals surface area contributed by atoms with Crippen LogP contribution in [-0.4, -0.2) is 18.0 Å². The molecule has 1 aromatic heterocycles. The van der Waals surface area contributed by atoms with Gasteiger partial charge in [0.25, 0.3) is 5.91 Å². The Morgan fingerprint density at radius 3 is 2.73 bits per heavy atom. The molecular weight excluding hydrogens is 414 g/mol. The Bertz CT molecular complexity index is 956. The van der Waals surface area contributed by atoms with E-state index in [1.165, 1.54) is 11.3 Å². The molecule has 3 aromatic rings. The summed E-state index contributed by atoms with van der Waals surface area (Å²) in [4.78, 5) is 17.7. The highest BCUT2D eigenvalue weighted by molar-refractivity contribution is 9.10. The van der Waals surface area contributed by atoms with Gasteiger partial charge in [-0.15, -0.1) is 0 Å². The minimum Gasteiger partial charge on any atom is -0.497 e. The number of rotatable bonds is 5. The molecule has 0 spiro atoms. The van der Waals surface area contributed by atoms with Crippen LogP contribution < -0.4 is 15.4 Å². The van der Waals surface area contributed by atoms with Crippen LogP contribution in [0.3, 0.4) is 0 Å². The number of carbonyl (C=O) groups excluding carboxylic acids is 1. The topological polar surface area (TPSA) is 63.2 Å².